The molecule has 0 saturated carbocycles. The molecule has 1 rings (SSSR count). The largest absolute Gasteiger partial charge is 0.316 e. The van der Waals surface area contributed by atoms with Crippen LogP contribution in [-0.4, -0.2) is 13.1 Å². The zero-order valence-electron chi connectivity index (χ0n) is 10.7. The van der Waals surface area contributed by atoms with E-state index in [0.29, 0.717) is 6.04 Å². The van der Waals surface area contributed by atoms with Crippen molar-refractivity contribution in [1.82, 2.24) is 5.32 Å². The van der Waals surface area contributed by atoms with Crippen molar-refractivity contribution >= 4 is 11.6 Å². The first-order valence-electron chi connectivity index (χ1n) is 5.86. The smallest absolute Gasteiger partial charge is 0.0437 e. The molecule has 2 heteroatoms. The first-order valence-corrected chi connectivity index (χ1v) is 6.23. The lowest BCUT2D eigenvalue weighted by Crippen LogP contribution is -2.38. The zero-order chi connectivity index (χ0) is 12.2. The van der Waals surface area contributed by atoms with Crippen molar-refractivity contribution in [1.29, 1.82) is 0 Å². The molecule has 0 amide bonds. The maximum Gasteiger partial charge on any atom is 0.0437 e. The fraction of sp³-hybridized carbons (Fsp3) is 0.571. The van der Waals surface area contributed by atoms with Crippen molar-refractivity contribution in [2.45, 2.75) is 39.7 Å². The Labute approximate surface area is 104 Å². The van der Waals surface area contributed by atoms with Crippen molar-refractivity contribution in [3.63, 3.8) is 0 Å². The van der Waals surface area contributed by atoms with E-state index in [9.17, 15) is 0 Å². The second kappa shape index (κ2) is 5.70. The molecule has 0 aliphatic carbocycles. The molecule has 1 atom stereocenters. The Morgan fingerprint density at radius 3 is 2.38 bits per heavy atom. The van der Waals surface area contributed by atoms with E-state index in [1.54, 1.807) is 0 Å². The quantitative estimate of drug-likeness (QED) is 0.840. The second-order valence-corrected chi connectivity index (χ2v) is 5.74. The average molecular weight is 240 g/mol. The molecule has 0 saturated heterocycles. The van der Waals surface area contributed by atoms with Crippen LogP contribution in [-0.2, 0) is 6.42 Å². The van der Waals surface area contributed by atoms with Crippen molar-refractivity contribution in [2.75, 3.05) is 7.05 Å². The van der Waals surface area contributed by atoms with Crippen molar-refractivity contribution in [3.8, 4) is 0 Å². The fourth-order valence-electron chi connectivity index (χ4n) is 2.01. The summed E-state index contributed by atoms with van der Waals surface area (Å²) in [6.07, 6.45) is 2.15. The van der Waals surface area contributed by atoms with E-state index in [-0.39, 0.29) is 5.41 Å². The summed E-state index contributed by atoms with van der Waals surface area (Å²) in [6, 6.07) is 8.61. The highest BCUT2D eigenvalue weighted by molar-refractivity contribution is 6.31. The number of rotatable bonds is 4. The van der Waals surface area contributed by atoms with Gasteiger partial charge >= 0.3 is 0 Å². The standard InChI is InChI=1S/C14H22ClN/c1-14(2,3)13(16-4)10-9-11-7-5-6-8-12(11)15/h5-8,13,16H,9-10H2,1-4H3. The maximum atomic E-state index is 6.14. The molecule has 16 heavy (non-hydrogen) atoms. The lowest BCUT2D eigenvalue weighted by atomic mass is 9.83. The molecular formula is C14H22ClN. The van der Waals surface area contributed by atoms with E-state index in [1.807, 2.05) is 25.2 Å². The number of benzene rings is 1. The highest BCUT2D eigenvalue weighted by Gasteiger charge is 2.22. The summed E-state index contributed by atoms with van der Waals surface area (Å²) in [4.78, 5) is 0. The molecule has 0 aliphatic heterocycles. The predicted octanol–water partition coefficient (Wildman–Crippen LogP) is 3.91. The van der Waals surface area contributed by atoms with E-state index in [1.165, 1.54) is 5.56 Å². The number of hydrogen-bond acceptors (Lipinski definition) is 1. The minimum absolute atomic E-state index is 0.288. The SMILES string of the molecule is CNC(CCc1ccccc1Cl)C(C)(C)C. The summed E-state index contributed by atoms with van der Waals surface area (Å²) in [7, 11) is 2.03. The van der Waals surface area contributed by atoms with E-state index in [0.717, 1.165) is 17.9 Å². The van der Waals surface area contributed by atoms with Crippen molar-refractivity contribution in [2.24, 2.45) is 5.41 Å². The molecule has 0 heterocycles. The van der Waals surface area contributed by atoms with E-state index in [2.05, 4.69) is 32.2 Å². The van der Waals surface area contributed by atoms with Crippen LogP contribution in [0.3, 0.4) is 0 Å². The van der Waals surface area contributed by atoms with Gasteiger partial charge in [-0.1, -0.05) is 50.6 Å². The summed E-state index contributed by atoms with van der Waals surface area (Å²) in [5.41, 5.74) is 1.53. The zero-order valence-corrected chi connectivity index (χ0v) is 11.4. The van der Waals surface area contributed by atoms with Gasteiger partial charge in [-0.25, -0.2) is 0 Å². The second-order valence-electron chi connectivity index (χ2n) is 5.34. The van der Waals surface area contributed by atoms with Gasteiger partial charge in [0.1, 0.15) is 0 Å². The van der Waals surface area contributed by atoms with Gasteiger partial charge in [0, 0.05) is 11.1 Å². The molecule has 0 spiro atoms. The van der Waals surface area contributed by atoms with Gasteiger partial charge in [-0.3, -0.25) is 0 Å². The van der Waals surface area contributed by atoms with Crippen LogP contribution in [0.5, 0.6) is 0 Å². The minimum Gasteiger partial charge on any atom is -0.316 e. The van der Waals surface area contributed by atoms with Gasteiger partial charge < -0.3 is 5.32 Å². The molecule has 0 aliphatic rings. The van der Waals surface area contributed by atoms with Crippen LogP contribution in [0.4, 0.5) is 0 Å². The summed E-state index contributed by atoms with van der Waals surface area (Å²) < 4.78 is 0. The lowest BCUT2D eigenvalue weighted by Gasteiger charge is -2.30. The van der Waals surface area contributed by atoms with E-state index >= 15 is 0 Å². The Hall–Kier alpha value is -0.530. The third-order valence-corrected chi connectivity index (χ3v) is 3.42. The molecule has 0 aromatic heterocycles. The molecule has 1 aromatic carbocycles. The maximum absolute atomic E-state index is 6.14. The van der Waals surface area contributed by atoms with Crippen molar-refractivity contribution in [3.05, 3.63) is 34.9 Å². The average Bonchev–Trinajstić information content (AvgIpc) is 2.19. The van der Waals surface area contributed by atoms with E-state index in [4.69, 9.17) is 11.6 Å². The Morgan fingerprint density at radius 1 is 1.25 bits per heavy atom. The minimum atomic E-state index is 0.288. The number of nitrogens with one attached hydrogen (secondary N) is 1. The molecular weight excluding hydrogens is 218 g/mol. The van der Waals surface area contributed by atoms with Gasteiger partial charge in [-0.15, -0.1) is 0 Å². The molecule has 1 N–H and O–H groups in total. The van der Waals surface area contributed by atoms with Crippen LogP contribution in [0, 0.1) is 5.41 Å². The first kappa shape index (κ1) is 13.5. The van der Waals surface area contributed by atoms with Gasteiger partial charge in [0.05, 0.1) is 0 Å². The third kappa shape index (κ3) is 3.80. The normalized spacial score (nSPS) is 13.8. The molecule has 1 nitrogen and oxygen atoms in total. The molecule has 1 unspecified atom stereocenters. The number of hydrogen-bond donors (Lipinski definition) is 1. The van der Waals surface area contributed by atoms with Gasteiger partial charge in [-0.2, -0.15) is 0 Å². The highest BCUT2D eigenvalue weighted by Crippen LogP contribution is 2.24. The Kier molecular flexibility index (Phi) is 4.82. The van der Waals surface area contributed by atoms with Gasteiger partial charge in [0.25, 0.3) is 0 Å². The van der Waals surface area contributed by atoms with Crippen LogP contribution in [0.2, 0.25) is 5.02 Å². The topological polar surface area (TPSA) is 12.0 Å². The Balaban J connectivity index is 2.60. The van der Waals surface area contributed by atoms with Crippen LogP contribution in [0.25, 0.3) is 0 Å². The van der Waals surface area contributed by atoms with Crippen LogP contribution >= 0.6 is 11.6 Å². The molecule has 0 bridgehead atoms. The third-order valence-electron chi connectivity index (χ3n) is 3.05. The van der Waals surface area contributed by atoms with Crippen LogP contribution < -0.4 is 5.32 Å². The van der Waals surface area contributed by atoms with Crippen LogP contribution in [0.15, 0.2) is 24.3 Å². The van der Waals surface area contributed by atoms with Gasteiger partial charge in [0.15, 0.2) is 0 Å². The molecule has 1 aromatic rings. The summed E-state index contributed by atoms with van der Waals surface area (Å²) in [6.45, 7) is 6.79. The van der Waals surface area contributed by atoms with Gasteiger partial charge in [0.2, 0.25) is 0 Å². The molecule has 0 fully saturated rings. The van der Waals surface area contributed by atoms with Crippen molar-refractivity contribution < 1.29 is 0 Å². The first-order chi connectivity index (χ1) is 7.45. The Morgan fingerprint density at radius 2 is 1.88 bits per heavy atom. The summed E-state index contributed by atoms with van der Waals surface area (Å²) in [5, 5.41) is 4.27. The van der Waals surface area contributed by atoms with E-state index < -0.39 is 0 Å². The summed E-state index contributed by atoms with van der Waals surface area (Å²) >= 11 is 6.14. The van der Waals surface area contributed by atoms with Gasteiger partial charge in [-0.05, 0) is 36.9 Å². The highest BCUT2D eigenvalue weighted by atomic mass is 35.5. The monoisotopic (exact) mass is 239 g/mol. The molecule has 0 radical (unpaired) electrons. The lowest BCUT2D eigenvalue weighted by molar-refractivity contribution is 0.268. The number of halogens is 1. The summed E-state index contributed by atoms with van der Waals surface area (Å²) in [5.74, 6) is 0. The fourth-order valence-corrected chi connectivity index (χ4v) is 2.24. The molecule has 90 valence electrons. The van der Waals surface area contributed by atoms with Crippen LogP contribution in [0.1, 0.15) is 32.8 Å². The number of aryl methyl sites for hydroxylation is 1. The Bertz CT molecular complexity index is 328. The predicted molar refractivity (Wildman–Crippen MR) is 72.1 cm³/mol.